The van der Waals surface area contributed by atoms with Gasteiger partial charge in [-0.25, -0.2) is 0 Å². The van der Waals surface area contributed by atoms with Crippen LogP contribution in [0.2, 0.25) is 0 Å². The number of benzene rings is 1. The number of furan rings is 1. The average molecular weight is 358 g/mol. The third-order valence-electron chi connectivity index (χ3n) is 4.14. The number of ether oxygens (including phenoxy) is 2. The van der Waals surface area contributed by atoms with Crippen molar-refractivity contribution in [2.75, 3.05) is 19.9 Å². The van der Waals surface area contributed by atoms with E-state index in [0.717, 1.165) is 11.3 Å². The standard InChI is InChI=1S/C19H22N2O5/c1-2-21(12-14-7-8-15-17(11-14)26-13-25-15)18(22)6-3-9-20-19(23)16-5-4-10-24-16/h4-5,7-8,10-11H,2-3,6,9,12-13H2,1H3,(H,20,23). The second-order valence-electron chi connectivity index (χ2n) is 5.93. The summed E-state index contributed by atoms with van der Waals surface area (Å²) in [5, 5.41) is 2.74. The summed E-state index contributed by atoms with van der Waals surface area (Å²) in [6.45, 7) is 3.74. The predicted molar refractivity (Wildman–Crippen MR) is 93.9 cm³/mol. The maximum Gasteiger partial charge on any atom is 0.286 e. The molecule has 1 aromatic carbocycles. The Hall–Kier alpha value is -2.96. The maximum absolute atomic E-state index is 12.4. The van der Waals surface area contributed by atoms with Gasteiger partial charge in [-0.2, -0.15) is 0 Å². The average Bonchev–Trinajstić information content (AvgIpc) is 3.34. The van der Waals surface area contributed by atoms with Gasteiger partial charge in [-0.1, -0.05) is 6.07 Å². The summed E-state index contributed by atoms with van der Waals surface area (Å²) in [6, 6.07) is 8.97. The molecule has 0 unspecified atom stereocenters. The monoisotopic (exact) mass is 358 g/mol. The lowest BCUT2D eigenvalue weighted by atomic mass is 10.1. The smallest absolute Gasteiger partial charge is 0.286 e. The molecule has 7 nitrogen and oxygen atoms in total. The van der Waals surface area contributed by atoms with Gasteiger partial charge in [0.1, 0.15) is 0 Å². The third kappa shape index (κ3) is 4.36. The number of nitrogens with one attached hydrogen (secondary N) is 1. The predicted octanol–water partition coefficient (Wildman–Crippen LogP) is 2.57. The Balaban J connectivity index is 1.44. The fourth-order valence-corrected chi connectivity index (χ4v) is 2.73. The Morgan fingerprint density at radius 1 is 1.19 bits per heavy atom. The molecule has 26 heavy (non-hydrogen) atoms. The van der Waals surface area contributed by atoms with Crippen LogP contribution in [0.4, 0.5) is 0 Å². The lowest BCUT2D eigenvalue weighted by molar-refractivity contribution is -0.131. The van der Waals surface area contributed by atoms with E-state index in [-0.39, 0.29) is 24.4 Å². The Morgan fingerprint density at radius 2 is 2.04 bits per heavy atom. The van der Waals surface area contributed by atoms with Crippen molar-refractivity contribution in [2.24, 2.45) is 0 Å². The van der Waals surface area contributed by atoms with Crippen molar-refractivity contribution in [3.05, 3.63) is 47.9 Å². The number of rotatable bonds is 8. The molecule has 1 aliphatic heterocycles. The van der Waals surface area contributed by atoms with Crippen LogP contribution < -0.4 is 14.8 Å². The lowest BCUT2D eigenvalue weighted by Crippen LogP contribution is -2.31. The van der Waals surface area contributed by atoms with E-state index in [1.54, 1.807) is 17.0 Å². The molecule has 2 aromatic rings. The number of carbonyl (C=O) groups excluding carboxylic acids is 2. The van der Waals surface area contributed by atoms with Crippen molar-refractivity contribution in [1.82, 2.24) is 10.2 Å². The van der Waals surface area contributed by atoms with Gasteiger partial charge in [-0.15, -0.1) is 0 Å². The van der Waals surface area contributed by atoms with Crippen molar-refractivity contribution in [1.29, 1.82) is 0 Å². The highest BCUT2D eigenvalue weighted by atomic mass is 16.7. The molecule has 0 radical (unpaired) electrons. The zero-order valence-corrected chi connectivity index (χ0v) is 14.7. The van der Waals surface area contributed by atoms with Gasteiger partial charge in [-0.3, -0.25) is 9.59 Å². The van der Waals surface area contributed by atoms with E-state index in [1.807, 2.05) is 25.1 Å². The quantitative estimate of drug-likeness (QED) is 0.734. The molecule has 0 atom stereocenters. The molecule has 0 bridgehead atoms. The zero-order valence-electron chi connectivity index (χ0n) is 14.7. The molecule has 0 saturated heterocycles. The molecule has 1 aliphatic rings. The topological polar surface area (TPSA) is 81.0 Å². The van der Waals surface area contributed by atoms with Crippen LogP contribution in [0.3, 0.4) is 0 Å². The summed E-state index contributed by atoms with van der Waals surface area (Å²) in [7, 11) is 0. The Bertz CT molecular complexity index is 757. The van der Waals surface area contributed by atoms with Gasteiger partial charge in [0, 0.05) is 26.1 Å². The van der Waals surface area contributed by atoms with Crippen LogP contribution in [0, 0.1) is 0 Å². The van der Waals surface area contributed by atoms with Gasteiger partial charge >= 0.3 is 0 Å². The number of nitrogens with zero attached hydrogens (tertiary/aromatic N) is 1. The summed E-state index contributed by atoms with van der Waals surface area (Å²) in [5.41, 5.74) is 0.996. The molecule has 2 amide bonds. The number of fused-ring (bicyclic) bond motifs is 1. The summed E-state index contributed by atoms with van der Waals surface area (Å²) in [5.74, 6) is 1.50. The molecule has 2 heterocycles. The third-order valence-corrected chi connectivity index (χ3v) is 4.14. The highest BCUT2D eigenvalue weighted by molar-refractivity contribution is 5.91. The number of hydrogen-bond acceptors (Lipinski definition) is 5. The van der Waals surface area contributed by atoms with E-state index in [9.17, 15) is 9.59 Å². The first kappa shape index (κ1) is 17.8. The molecular weight excluding hydrogens is 336 g/mol. The first-order valence-electron chi connectivity index (χ1n) is 8.65. The minimum absolute atomic E-state index is 0.0532. The van der Waals surface area contributed by atoms with Gasteiger partial charge in [0.15, 0.2) is 17.3 Å². The molecular formula is C19H22N2O5. The minimum Gasteiger partial charge on any atom is -0.459 e. The van der Waals surface area contributed by atoms with E-state index >= 15 is 0 Å². The van der Waals surface area contributed by atoms with Crippen LogP contribution in [0.15, 0.2) is 41.0 Å². The molecule has 7 heteroatoms. The van der Waals surface area contributed by atoms with E-state index in [4.69, 9.17) is 13.9 Å². The van der Waals surface area contributed by atoms with Crippen molar-refractivity contribution in [2.45, 2.75) is 26.3 Å². The van der Waals surface area contributed by atoms with Crippen molar-refractivity contribution >= 4 is 11.8 Å². The van der Waals surface area contributed by atoms with Gasteiger partial charge in [0.05, 0.1) is 6.26 Å². The first-order chi connectivity index (χ1) is 12.7. The van der Waals surface area contributed by atoms with Gasteiger partial charge in [0.2, 0.25) is 12.7 Å². The Labute approximate surface area is 151 Å². The molecule has 0 fully saturated rings. The molecule has 0 spiro atoms. The van der Waals surface area contributed by atoms with Crippen molar-refractivity contribution < 1.29 is 23.5 Å². The molecule has 1 N–H and O–H groups in total. The van der Waals surface area contributed by atoms with Gasteiger partial charge in [0.25, 0.3) is 5.91 Å². The maximum atomic E-state index is 12.4. The summed E-state index contributed by atoms with van der Waals surface area (Å²) in [6.07, 6.45) is 2.40. The highest BCUT2D eigenvalue weighted by Crippen LogP contribution is 2.32. The molecule has 3 rings (SSSR count). The number of carbonyl (C=O) groups is 2. The van der Waals surface area contributed by atoms with E-state index in [1.165, 1.54) is 6.26 Å². The van der Waals surface area contributed by atoms with Gasteiger partial charge in [-0.05, 0) is 43.2 Å². The molecule has 0 aliphatic carbocycles. The van der Waals surface area contributed by atoms with Crippen molar-refractivity contribution in [3.63, 3.8) is 0 Å². The molecule has 138 valence electrons. The summed E-state index contributed by atoms with van der Waals surface area (Å²) >= 11 is 0. The Morgan fingerprint density at radius 3 is 2.81 bits per heavy atom. The Kier molecular flexibility index (Phi) is 5.78. The zero-order chi connectivity index (χ0) is 18.4. The van der Waals surface area contributed by atoms with E-state index in [0.29, 0.717) is 38.2 Å². The van der Waals surface area contributed by atoms with E-state index in [2.05, 4.69) is 5.32 Å². The van der Waals surface area contributed by atoms with Crippen molar-refractivity contribution in [3.8, 4) is 11.5 Å². The fraction of sp³-hybridized carbons (Fsp3) is 0.368. The van der Waals surface area contributed by atoms with Crippen LogP contribution in [0.5, 0.6) is 11.5 Å². The molecule has 1 aromatic heterocycles. The van der Waals surface area contributed by atoms with Crippen LogP contribution in [0.25, 0.3) is 0 Å². The lowest BCUT2D eigenvalue weighted by Gasteiger charge is -2.21. The number of hydrogen-bond donors (Lipinski definition) is 1. The van der Waals surface area contributed by atoms with Crippen LogP contribution >= 0.6 is 0 Å². The van der Waals surface area contributed by atoms with Crippen LogP contribution in [0.1, 0.15) is 35.9 Å². The first-order valence-corrected chi connectivity index (χ1v) is 8.65. The normalized spacial score (nSPS) is 12.0. The van der Waals surface area contributed by atoms with Crippen LogP contribution in [-0.2, 0) is 11.3 Å². The summed E-state index contributed by atoms with van der Waals surface area (Å²) < 4.78 is 15.7. The summed E-state index contributed by atoms with van der Waals surface area (Å²) in [4.78, 5) is 26.0. The second-order valence-corrected chi connectivity index (χ2v) is 5.93. The minimum atomic E-state index is -0.268. The van der Waals surface area contributed by atoms with Crippen LogP contribution in [-0.4, -0.2) is 36.6 Å². The SMILES string of the molecule is CCN(Cc1ccc2c(c1)OCO2)C(=O)CCCNC(=O)c1ccco1. The second kappa shape index (κ2) is 8.42. The largest absolute Gasteiger partial charge is 0.459 e. The van der Waals surface area contributed by atoms with E-state index < -0.39 is 0 Å². The number of amides is 2. The molecule has 0 saturated carbocycles. The van der Waals surface area contributed by atoms with Gasteiger partial charge < -0.3 is 24.1 Å². The highest BCUT2D eigenvalue weighted by Gasteiger charge is 2.16. The fourth-order valence-electron chi connectivity index (χ4n) is 2.73.